The largest absolute Gasteiger partial charge is 0.484 e. The topological polar surface area (TPSA) is 118 Å². The predicted molar refractivity (Wildman–Crippen MR) is 164 cm³/mol. The van der Waals surface area contributed by atoms with E-state index in [0.29, 0.717) is 23.2 Å². The number of piperazine rings is 1. The van der Waals surface area contributed by atoms with Gasteiger partial charge in [-0.25, -0.2) is 4.39 Å². The highest BCUT2D eigenvalue weighted by atomic mass is 19.4. The lowest BCUT2D eigenvalue weighted by atomic mass is 10.0. The Hall–Kier alpha value is -4.14. The van der Waals surface area contributed by atoms with Gasteiger partial charge in [0.05, 0.1) is 12.2 Å². The third kappa shape index (κ3) is 8.77. The van der Waals surface area contributed by atoms with Crippen LogP contribution in [0.15, 0.2) is 36.4 Å². The minimum absolute atomic E-state index is 0.0355. The zero-order valence-corrected chi connectivity index (χ0v) is 26.3. The molecule has 3 aromatic rings. The van der Waals surface area contributed by atoms with Gasteiger partial charge in [0, 0.05) is 51.4 Å². The van der Waals surface area contributed by atoms with Crippen LogP contribution in [-0.2, 0) is 10.9 Å². The van der Waals surface area contributed by atoms with E-state index in [9.17, 15) is 27.2 Å². The molecule has 0 unspecified atom stereocenters. The average molecular weight is 647 g/mol. The number of alkyl halides is 3. The summed E-state index contributed by atoms with van der Waals surface area (Å²) < 4.78 is 65.5. The molecule has 1 fully saturated rings. The minimum atomic E-state index is -4.69. The smallest absolute Gasteiger partial charge is 0.435 e. The van der Waals surface area contributed by atoms with E-state index in [2.05, 4.69) is 38.0 Å². The van der Waals surface area contributed by atoms with E-state index in [1.54, 1.807) is 32.0 Å². The molecule has 4 rings (SSSR count). The van der Waals surface area contributed by atoms with Crippen LogP contribution in [0.2, 0.25) is 0 Å². The second-order valence-corrected chi connectivity index (χ2v) is 11.4. The van der Waals surface area contributed by atoms with Crippen LogP contribution in [0, 0.1) is 26.6 Å². The van der Waals surface area contributed by atoms with Crippen molar-refractivity contribution in [2.75, 3.05) is 51.8 Å². The summed E-state index contributed by atoms with van der Waals surface area (Å²) >= 11 is 0. The molecule has 0 spiro atoms. The highest BCUT2D eigenvalue weighted by molar-refractivity contribution is 6.07. The van der Waals surface area contributed by atoms with E-state index in [-0.39, 0.29) is 53.3 Å². The van der Waals surface area contributed by atoms with Crippen LogP contribution in [0.25, 0.3) is 0 Å². The van der Waals surface area contributed by atoms with E-state index in [1.807, 2.05) is 0 Å². The Morgan fingerprint density at radius 3 is 2.46 bits per heavy atom. The third-order valence-corrected chi connectivity index (χ3v) is 7.63. The molecule has 0 aliphatic carbocycles. The van der Waals surface area contributed by atoms with E-state index in [0.717, 1.165) is 25.7 Å². The first-order valence-corrected chi connectivity index (χ1v) is 14.8. The van der Waals surface area contributed by atoms with Gasteiger partial charge in [-0.15, -0.1) is 10.2 Å². The second-order valence-electron chi connectivity index (χ2n) is 11.4. The molecule has 46 heavy (non-hydrogen) atoms. The van der Waals surface area contributed by atoms with Crippen LogP contribution in [0.1, 0.15) is 61.7 Å². The summed E-state index contributed by atoms with van der Waals surface area (Å²) in [6, 6.07) is 8.81. The van der Waals surface area contributed by atoms with Crippen LogP contribution >= 0.6 is 0 Å². The van der Waals surface area contributed by atoms with Crippen molar-refractivity contribution in [2.45, 2.75) is 46.0 Å². The van der Waals surface area contributed by atoms with E-state index in [4.69, 9.17) is 9.47 Å². The molecule has 1 saturated heterocycles. The first kappa shape index (κ1) is 34.7. The first-order chi connectivity index (χ1) is 21.8. The van der Waals surface area contributed by atoms with Gasteiger partial charge in [-0.2, -0.15) is 13.2 Å². The van der Waals surface area contributed by atoms with Crippen molar-refractivity contribution in [3.8, 4) is 5.75 Å². The number of amides is 2. The SMILES string of the molecule is COCCNC(=O)c1cc(C(=O)Nc2nnc(C(F)(F)F)cc2C)c(C)cc1O[C@H](CN1CCN[C@H](C)C1)c1ccc(C)c(F)c1. The Balaban J connectivity index is 1.70. The molecular formula is C32H38F4N6O4. The Morgan fingerprint density at radius 2 is 1.80 bits per heavy atom. The standard InChI is InChI=1S/C32H38F4N6O4/c1-18-6-7-22(14-25(18)33)27(17-42-10-8-37-21(4)16-42)46-26-12-19(2)23(15-24(26)30(43)38-9-11-45-5)31(44)39-29-20(3)13-28(40-41-29)32(34,35)36/h6-7,12-15,21,27,37H,8-11,16-17H2,1-5H3,(H,38,43)(H,39,41,44)/t21-,27-/m1/s1. The number of benzene rings is 2. The lowest BCUT2D eigenvalue weighted by Gasteiger charge is -2.34. The maximum Gasteiger partial charge on any atom is 0.435 e. The fourth-order valence-electron chi connectivity index (χ4n) is 5.07. The van der Waals surface area contributed by atoms with Gasteiger partial charge in [-0.3, -0.25) is 14.5 Å². The number of aromatic nitrogens is 2. The summed E-state index contributed by atoms with van der Waals surface area (Å²) in [6.45, 7) is 9.82. The van der Waals surface area contributed by atoms with Crippen LogP contribution in [-0.4, -0.2) is 79.4 Å². The fourth-order valence-corrected chi connectivity index (χ4v) is 5.07. The maximum absolute atomic E-state index is 14.7. The maximum atomic E-state index is 14.7. The lowest BCUT2D eigenvalue weighted by Crippen LogP contribution is -2.50. The van der Waals surface area contributed by atoms with Crippen molar-refractivity contribution < 1.29 is 36.6 Å². The highest BCUT2D eigenvalue weighted by Crippen LogP contribution is 2.32. The number of halogens is 4. The average Bonchev–Trinajstić information content (AvgIpc) is 2.99. The highest BCUT2D eigenvalue weighted by Gasteiger charge is 2.34. The van der Waals surface area contributed by atoms with Crippen LogP contribution in [0.5, 0.6) is 5.75 Å². The van der Waals surface area contributed by atoms with Gasteiger partial charge >= 0.3 is 6.18 Å². The molecule has 14 heteroatoms. The number of aryl methyl sites for hydroxylation is 3. The number of nitrogens with one attached hydrogen (secondary N) is 3. The molecule has 0 saturated carbocycles. The minimum Gasteiger partial charge on any atom is -0.484 e. The molecule has 2 amide bonds. The summed E-state index contributed by atoms with van der Waals surface area (Å²) in [7, 11) is 1.49. The molecule has 0 radical (unpaired) electrons. The zero-order valence-electron chi connectivity index (χ0n) is 26.3. The van der Waals surface area contributed by atoms with Gasteiger partial charge in [0.2, 0.25) is 0 Å². The second kappa shape index (κ2) is 15.0. The molecule has 1 aliphatic rings. The summed E-state index contributed by atoms with van der Waals surface area (Å²) in [5.41, 5.74) is 0.456. The predicted octanol–water partition coefficient (Wildman–Crippen LogP) is 4.60. The van der Waals surface area contributed by atoms with Crippen molar-refractivity contribution in [2.24, 2.45) is 0 Å². The molecule has 0 bridgehead atoms. The van der Waals surface area contributed by atoms with Crippen LogP contribution in [0.3, 0.4) is 0 Å². The van der Waals surface area contributed by atoms with Gasteiger partial charge < -0.3 is 25.4 Å². The summed E-state index contributed by atoms with van der Waals surface area (Å²) in [6.07, 6.45) is -5.36. The number of anilines is 1. The lowest BCUT2D eigenvalue weighted by molar-refractivity contribution is -0.141. The molecule has 10 nitrogen and oxygen atoms in total. The number of ether oxygens (including phenoxy) is 2. The Morgan fingerprint density at radius 1 is 1.04 bits per heavy atom. The zero-order chi connectivity index (χ0) is 33.6. The molecule has 1 aromatic heterocycles. The monoisotopic (exact) mass is 646 g/mol. The van der Waals surface area contributed by atoms with Gasteiger partial charge in [0.1, 0.15) is 17.7 Å². The fraction of sp³-hybridized carbons (Fsp3) is 0.438. The van der Waals surface area contributed by atoms with Gasteiger partial charge in [-0.05, 0) is 74.2 Å². The third-order valence-electron chi connectivity index (χ3n) is 7.63. The molecule has 2 atom stereocenters. The van der Waals surface area contributed by atoms with Crippen molar-refractivity contribution in [3.63, 3.8) is 0 Å². The number of methoxy groups -OCH3 is 1. The summed E-state index contributed by atoms with van der Waals surface area (Å²) in [4.78, 5) is 29.0. The molecule has 2 aromatic carbocycles. The number of carbonyl (C=O) groups is 2. The molecule has 248 valence electrons. The number of hydrogen-bond acceptors (Lipinski definition) is 8. The normalized spacial score (nSPS) is 16.2. The van der Waals surface area contributed by atoms with Crippen molar-refractivity contribution >= 4 is 17.6 Å². The van der Waals surface area contributed by atoms with E-state index < -0.39 is 29.8 Å². The van der Waals surface area contributed by atoms with Gasteiger partial charge in [0.15, 0.2) is 11.5 Å². The molecular weight excluding hydrogens is 608 g/mol. The number of carbonyl (C=O) groups excluding carboxylic acids is 2. The van der Waals surface area contributed by atoms with Gasteiger partial charge in [0.25, 0.3) is 11.8 Å². The molecule has 3 N–H and O–H groups in total. The Labute approximate surface area is 264 Å². The van der Waals surface area contributed by atoms with Crippen LogP contribution in [0.4, 0.5) is 23.4 Å². The quantitative estimate of drug-likeness (QED) is 0.205. The Bertz CT molecular complexity index is 1570. The Kier molecular flexibility index (Phi) is 11.3. The molecule has 2 heterocycles. The summed E-state index contributed by atoms with van der Waals surface area (Å²) in [5.74, 6) is -1.63. The van der Waals surface area contributed by atoms with Crippen molar-refractivity contribution in [1.82, 2.24) is 25.7 Å². The van der Waals surface area contributed by atoms with Gasteiger partial charge in [-0.1, -0.05) is 12.1 Å². The van der Waals surface area contributed by atoms with Crippen molar-refractivity contribution in [1.29, 1.82) is 0 Å². The number of rotatable bonds is 11. The molecule has 1 aliphatic heterocycles. The summed E-state index contributed by atoms with van der Waals surface area (Å²) in [5, 5.41) is 15.4. The number of nitrogens with zero attached hydrogens (tertiary/aromatic N) is 3. The first-order valence-electron chi connectivity index (χ1n) is 14.8. The van der Waals surface area contributed by atoms with E-state index >= 15 is 0 Å². The van der Waals surface area contributed by atoms with E-state index in [1.165, 1.54) is 26.2 Å². The number of hydrogen-bond donors (Lipinski definition) is 3. The van der Waals surface area contributed by atoms with Crippen molar-refractivity contribution in [3.05, 3.63) is 81.3 Å². The van der Waals surface area contributed by atoms with Crippen LogP contribution < -0.4 is 20.7 Å².